The lowest BCUT2D eigenvalue weighted by Crippen LogP contribution is -2.26. The second kappa shape index (κ2) is 10.0. The van der Waals surface area contributed by atoms with E-state index in [1.165, 1.54) is 81.1 Å². The highest BCUT2D eigenvalue weighted by Gasteiger charge is 2.52. The van der Waals surface area contributed by atoms with Gasteiger partial charge < -0.3 is 4.90 Å². The van der Waals surface area contributed by atoms with Crippen LogP contribution in [0.4, 0.5) is 17.1 Å². The highest BCUT2D eigenvalue weighted by atomic mass is 32.1. The number of fused-ring (bicyclic) bond motifs is 15. The third kappa shape index (κ3) is 3.54. The molecule has 228 valence electrons. The van der Waals surface area contributed by atoms with Crippen molar-refractivity contribution in [3.63, 3.8) is 0 Å². The summed E-state index contributed by atoms with van der Waals surface area (Å²) in [6, 6.07) is 65.4. The molecule has 0 aliphatic heterocycles. The summed E-state index contributed by atoms with van der Waals surface area (Å²) in [6.07, 6.45) is 0. The maximum absolute atomic E-state index is 2.50. The summed E-state index contributed by atoms with van der Waals surface area (Å²) in [5, 5.41) is 5.21. The maximum Gasteiger partial charge on any atom is 0.0732 e. The van der Waals surface area contributed by atoms with Gasteiger partial charge in [0.2, 0.25) is 0 Å². The zero-order valence-electron chi connectivity index (χ0n) is 26.6. The summed E-state index contributed by atoms with van der Waals surface area (Å²) in [6.45, 7) is 0. The Morgan fingerprint density at radius 1 is 0.408 bits per heavy atom. The molecule has 0 radical (unpaired) electrons. The van der Waals surface area contributed by atoms with Crippen molar-refractivity contribution >= 4 is 59.3 Å². The summed E-state index contributed by atoms with van der Waals surface area (Å²) in [7, 11) is 0. The van der Waals surface area contributed by atoms with E-state index in [0.717, 1.165) is 11.4 Å². The Bertz CT molecular complexity index is 2780. The number of hydrogen-bond acceptors (Lipinski definition) is 2. The van der Waals surface area contributed by atoms with Crippen LogP contribution in [0.3, 0.4) is 0 Å². The van der Waals surface area contributed by atoms with Crippen molar-refractivity contribution in [1.82, 2.24) is 0 Å². The monoisotopic (exact) mass is 639 g/mol. The lowest BCUT2D eigenvalue weighted by molar-refractivity contribution is 0.801. The lowest BCUT2D eigenvalue weighted by atomic mass is 9.69. The fourth-order valence-electron chi connectivity index (χ4n) is 8.96. The van der Waals surface area contributed by atoms with E-state index in [2.05, 4.69) is 181 Å². The molecule has 9 aromatic rings. The molecule has 2 aliphatic rings. The first-order chi connectivity index (χ1) is 24.3. The number of thiophene rings is 1. The van der Waals surface area contributed by atoms with Gasteiger partial charge in [-0.1, -0.05) is 140 Å². The van der Waals surface area contributed by atoms with E-state index in [-0.39, 0.29) is 0 Å². The first kappa shape index (κ1) is 27.0. The minimum Gasteiger partial charge on any atom is -0.309 e. The van der Waals surface area contributed by atoms with E-state index >= 15 is 0 Å². The number of anilines is 3. The Morgan fingerprint density at radius 2 is 1.04 bits per heavy atom. The zero-order valence-corrected chi connectivity index (χ0v) is 27.4. The van der Waals surface area contributed by atoms with Gasteiger partial charge in [0.15, 0.2) is 0 Å². The Labute approximate surface area is 289 Å². The number of rotatable bonds is 3. The third-order valence-electron chi connectivity index (χ3n) is 10.9. The summed E-state index contributed by atoms with van der Waals surface area (Å²) in [4.78, 5) is 2.47. The molecule has 0 fully saturated rings. The first-order valence-electron chi connectivity index (χ1n) is 16.9. The predicted molar refractivity (Wildman–Crippen MR) is 208 cm³/mol. The molecule has 1 atom stereocenters. The number of para-hydroxylation sites is 1. The third-order valence-corrected chi connectivity index (χ3v) is 12.1. The molecule has 1 spiro atoms. The van der Waals surface area contributed by atoms with Crippen LogP contribution in [-0.2, 0) is 5.41 Å². The van der Waals surface area contributed by atoms with Crippen LogP contribution in [0, 0.1) is 0 Å². The molecule has 0 N–H and O–H groups in total. The van der Waals surface area contributed by atoms with Gasteiger partial charge in [0, 0.05) is 26.8 Å². The molecule has 49 heavy (non-hydrogen) atoms. The smallest absolute Gasteiger partial charge is 0.0732 e. The minimum atomic E-state index is -0.444. The van der Waals surface area contributed by atoms with Crippen molar-refractivity contribution in [1.29, 1.82) is 0 Å². The van der Waals surface area contributed by atoms with Gasteiger partial charge in [-0.25, -0.2) is 0 Å². The van der Waals surface area contributed by atoms with Crippen LogP contribution in [0.1, 0.15) is 22.3 Å². The molecule has 1 nitrogen and oxygen atoms in total. The number of hydrogen-bond donors (Lipinski definition) is 0. The standard InChI is InChI=1S/C47H29NS/c1-2-14-31(15-3-1)48(43-23-12-20-39-37-19-8-11-24-44(37)49-46(39)43)32-26-28-36-34-17-6-9-21-40(34)47(42(36)29-32)41-22-10-7-18-35(41)38-27-25-30-13-4-5-16-33(30)45(38)47/h1-29H. The van der Waals surface area contributed by atoms with Gasteiger partial charge in [-0.2, -0.15) is 0 Å². The van der Waals surface area contributed by atoms with Crippen molar-refractivity contribution < 1.29 is 0 Å². The topological polar surface area (TPSA) is 3.24 Å². The summed E-state index contributed by atoms with van der Waals surface area (Å²) in [5.41, 5.74) is 13.8. The van der Waals surface area contributed by atoms with Crippen LogP contribution in [-0.4, -0.2) is 0 Å². The molecule has 2 aliphatic carbocycles. The molecule has 1 unspecified atom stereocenters. The van der Waals surface area contributed by atoms with Crippen LogP contribution in [0.25, 0.3) is 53.2 Å². The summed E-state index contributed by atoms with van der Waals surface area (Å²) < 4.78 is 2.61. The van der Waals surface area contributed by atoms with Crippen LogP contribution in [0.2, 0.25) is 0 Å². The van der Waals surface area contributed by atoms with Gasteiger partial charge in [0.25, 0.3) is 0 Å². The van der Waals surface area contributed by atoms with Crippen LogP contribution in [0.15, 0.2) is 176 Å². The largest absolute Gasteiger partial charge is 0.309 e. The highest BCUT2D eigenvalue weighted by Crippen LogP contribution is 2.64. The molecule has 8 aromatic carbocycles. The lowest BCUT2D eigenvalue weighted by Gasteiger charge is -2.33. The Kier molecular flexibility index (Phi) is 5.53. The summed E-state index contributed by atoms with van der Waals surface area (Å²) >= 11 is 1.88. The molecular weight excluding hydrogens is 611 g/mol. The van der Waals surface area contributed by atoms with E-state index in [1.807, 2.05) is 11.3 Å². The molecular formula is C47H29NS. The zero-order chi connectivity index (χ0) is 32.1. The molecule has 0 bridgehead atoms. The molecule has 1 heterocycles. The van der Waals surface area contributed by atoms with Crippen LogP contribution < -0.4 is 4.90 Å². The Balaban J connectivity index is 1.25. The van der Waals surface area contributed by atoms with Gasteiger partial charge in [-0.3, -0.25) is 0 Å². The first-order valence-corrected chi connectivity index (χ1v) is 17.8. The fraction of sp³-hybridized carbons (Fsp3) is 0.0213. The Morgan fingerprint density at radius 3 is 1.88 bits per heavy atom. The van der Waals surface area contributed by atoms with Crippen molar-refractivity contribution in [2.45, 2.75) is 5.41 Å². The average Bonchev–Trinajstić information content (AvgIpc) is 3.80. The average molecular weight is 640 g/mol. The van der Waals surface area contributed by atoms with Gasteiger partial charge in [-0.15, -0.1) is 11.3 Å². The van der Waals surface area contributed by atoms with E-state index in [9.17, 15) is 0 Å². The fourth-order valence-corrected chi connectivity index (χ4v) is 10.2. The Hall–Kier alpha value is -5.96. The van der Waals surface area contributed by atoms with Crippen molar-refractivity contribution in [2.75, 3.05) is 4.90 Å². The van der Waals surface area contributed by atoms with Crippen LogP contribution in [0.5, 0.6) is 0 Å². The van der Waals surface area contributed by atoms with Crippen molar-refractivity contribution in [3.05, 3.63) is 198 Å². The number of benzene rings is 8. The van der Waals surface area contributed by atoms with Crippen molar-refractivity contribution in [3.8, 4) is 22.3 Å². The van der Waals surface area contributed by atoms with E-state index in [0.29, 0.717) is 0 Å². The molecule has 0 saturated carbocycles. The number of nitrogens with zero attached hydrogens (tertiary/aromatic N) is 1. The van der Waals surface area contributed by atoms with Crippen LogP contribution >= 0.6 is 11.3 Å². The molecule has 11 rings (SSSR count). The molecule has 0 saturated heterocycles. The second-order valence-electron chi connectivity index (χ2n) is 13.2. The van der Waals surface area contributed by atoms with Gasteiger partial charge in [0.05, 0.1) is 15.8 Å². The highest BCUT2D eigenvalue weighted by molar-refractivity contribution is 7.26. The molecule has 2 heteroatoms. The predicted octanol–water partition coefficient (Wildman–Crippen LogP) is 13.0. The SMILES string of the molecule is c1ccc(N(c2ccc3c(c2)C2(c4ccccc4-3)c3ccccc3-c3ccc4ccccc4c32)c2cccc3c2sc2ccccc23)cc1. The van der Waals surface area contributed by atoms with Gasteiger partial charge in [-0.05, 0) is 91.7 Å². The normalized spacial score (nSPS) is 15.4. The van der Waals surface area contributed by atoms with Crippen molar-refractivity contribution in [2.24, 2.45) is 0 Å². The van der Waals surface area contributed by atoms with E-state index in [1.54, 1.807) is 0 Å². The molecule has 1 aromatic heterocycles. The minimum absolute atomic E-state index is 0.444. The second-order valence-corrected chi connectivity index (χ2v) is 14.3. The quantitative estimate of drug-likeness (QED) is 0.186. The van der Waals surface area contributed by atoms with E-state index in [4.69, 9.17) is 0 Å². The van der Waals surface area contributed by atoms with E-state index < -0.39 is 5.41 Å². The maximum atomic E-state index is 2.50. The van der Waals surface area contributed by atoms with Gasteiger partial charge >= 0.3 is 0 Å². The van der Waals surface area contributed by atoms with Gasteiger partial charge in [0.1, 0.15) is 0 Å². The molecule has 0 amide bonds. The summed E-state index contributed by atoms with van der Waals surface area (Å²) in [5.74, 6) is 0.